The Balaban J connectivity index is 2.02. The highest BCUT2D eigenvalue weighted by molar-refractivity contribution is 5.90. The van der Waals surface area contributed by atoms with Gasteiger partial charge in [-0.3, -0.25) is 0 Å². The van der Waals surface area contributed by atoms with Crippen LogP contribution in [0, 0.1) is 6.92 Å². The third-order valence-electron chi connectivity index (χ3n) is 3.79. The molecule has 146 valence electrons. The van der Waals surface area contributed by atoms with Gasteiger partial charge in [-0.05, 0) is 24.6 Å². The molecule has 0 saturated heterocycles. The molecule has 5 nitrogen and oxygen atoms in total. The number of anilines is 1. The van der Waals surface area contributed by atoms with Gasteiger partial charge in [-0.15, -0.1) is 0 Å². The number of hydrogen-bond acceptors (Lipinski definition) is 3. The van der Waals surface area contributed by atoms with Gasteiger partial charge in [0.1, 0.15) is 0 Å². The number of benzene rings is 2. The van der Waals surface area contributed by atoms with E-state index in [0.717, 1.165) is 17.2 Å². The van der Waals surface area contributed by atoms with E-state index in [-0.39, 0.29) is 25.4 Å². The Bertz CT molecular complexity index is 749. The molecule has 1 unspecified atom stereocenters. The highest BCUT2D eigenvalue weighted by Crippen LogP contribution is 2.34. The van der Waals surface area contributed by atoms with Gasteiger partial charge in [-0.2, -0.15) is 13.2 Å². The van der Waals surface area contributed by atoms with Crippen LogP contribution in [-0.2, 0) is 10.9 Å². The minimum absolute atomic E-state index is 0.0308. The molecule has 0 saturated carbocycles. The highest BCUT2D eigenvalue weighted by atomic mass is 19.4. The van der Waals surface area contributed by atoms with Gasteiger partial charge < -0.3 is 20.5 Å². The van der Waals surface area contributed by atoms with Gasteiger partial charge in [0.2, 0.25) is 0 Å². The van der Waals surface area contributed by atoms with Gasteiger partial charge in [0.25, 0.3) is 0 Å². The second-order valence-corrected chi connectivity index (χ2v) is 5.87. The van der Waals surface area contributed by atoms with Gasteiger partial charge in [-0.25, -0.2) is 4.79 Å². The Morgan fingerprint density at radius 2 is 1.81 bits per heavy atom. The fourth-order valence-corrected chi connectivity index (χ4v) is 2.44. The summed E-state index contributed by atoms with van der Waals surface area (Å²) in [5.41, 5.74) is 0.580. The molecule has 8 heteroatoms. The van der Waals surface area contributed by atoms with Crippen molar-refractivity contribution in [1.82, 2.24) is 5.32 Å². The van der Waals surface area contributed by atoms with Gasteiger partial charge in [0.15, 0.2) is 0 Å². The number of nitrogens with one attached hydrogen (secondary N) is 2. The molecule has 0 aliphatic carbocycles. The van der Waals surface area contributed by atoms with Gasteiger partial charge in [-0.1, -0.05) is 42.0 Å². The van der Waals surface area contributed by atoms with Crippen LogP contribution in [0.15, 0.2) is 48.5 Å². The number of carbonyl (C=O) groups excluding carboxylic acids is 1. The summed E-state index contributed by atoms with van der Waals surface area (Å²) >= 11 is 0. The summed E-state index contributed by atoms with van der Waals surface area (Å²) in [4.78, 5) is 12.1. The zero-order valence-corrected chi connectivity index (χ0v) is 14.7. The lowest BCUT2D eigenvalue weighted by Gasteiger charge is -2.19. The second kappa shape index (κ2) is 9.38. The fraction of sp³-hybridized carbons (Fsp3) is 0.316. The molecule has 0 heterocycles. The summed E-state index contributed by atoms with van der Waals surface area (Å²) in [6.07, 6.45) is -5.11. The third kappa shape index (κ3) is 6.26. The summed E-state index contributed by atoms with van der Waals surface area (Å²) in [6, 6.07) is 11.4. The Labute approximate surface area is 155 Å². The Morgan fingerprint density at radius 1 is 1.15 bits per heavy atom. The maximum absolute atomic E-state index is 13.0. The Hall–Kier alpha value is -2.58. The predicted octanol–water partition coefficient (Wildman–Crippen LogP) is 3.89. The minimum atomic E-state index is -4.57. The van der Waals surface area contributed by atoms with E-state index in [2.05, 4.69) is 10.6 Å². The lowest BCUT2D eigenvalue weighted by atomic mass is 10.1. The molecule has 3 N–H and O–H groups in total. The van der Waals surface area contributed by atoms with Crippen molar-refractivity contribution in [2.75, 3.05) is 25.1 Å². The monoisotopic (exact) mass is 382 g/mol. The van der Waals surface area contributed by atoms with E-state index in [1.54, 1.807) is 0 Å². The minimum Gasteiger partial charge on any atom is -0.394 e. The van der Waals surface area contributed by atoms with E-state index in [9.17, 15) is 18.0 Å². The molecule has 0 radical (unpaired) electrons. The topological polar surface area (TPSA) is 70.6 Å². The molecule has 2 rings (SSSR count). The van der Waals surface area contributed by atoms with Crippen molar-refractivity contribution in [2.24, 2.45) is 0 Å². The van der Waals surface area contributed by atoms with Crippen LogP contribution in [0.25, 0.3) is 0 Å². The van der Waals surface area contributed by atoms with Crippen molar-refractivity contribution in [2.45, 2.75) is 19.2 Å². The summed E-state index contributed by atoms with van der Waals surface area (Å²) < 4.78 is 44.5. The lowest BCUT2D eigenvalue weighted by molar-refractivity contribution is -0.136. The SMILES string of the molecule is Cc1ccc(C(CNC(=O)Nc2ccccc2C(F)(F)F)OCCO)cc1. The molecule has 1 atom stereocenters. The number of aliphatic hydroxyl groups excluding tert-OH is 1. The first-order valence-electron chi connectivity index (χ1n) is 8.31. The molecule has 2 aromatic rings. The van der Waals surface area contributed by atoms with E-state index < -0.39 is 23.9 Å². The summed E-state index contributed by atoms with van der Waals surface area (Å²) in [7, 11) is 0. The standard InChI is InChI=1S/C19H21F3N2O3/c1-13-6-8-14(9-7-13)17(27-11-10-25)12-23-18(26)24-16-5-3-2-4-15(16)19(20,21)22/h2-9,17,25H,10-12H2,1H3,(H2,23,24,26). The molecule has 0 aliphatic rings. The van der Waals surface area contributed by atoms with Crippen LogP contribution in [0.2, 0.25) is 0 Å². The van der Waals surface area contributed by atoms with Crippen LogP contribution >= 0.6 is 0 Å². The molecule has 0 fully saturated rings. The molecule has 0 bridgehead atoms. The number of alkyl halides is 3. The van der Waals surface area contributed by atoms with Crippen LogP contribution in [0.1, 0.15) is 22.8 Å². The second-order valence-electron chi connectivity index (χ2n) is 5.87. The zero-order chi connectivity index (χ0) is 19.9. The fourth-order valence-electron chi connectivity index (χ4n) is 2.44. The third-order valence-corrected chi connectivity index (χ3v) is 3.79. The number of ether oxygens (including phenoxy) is 1. The molecular formula is C19H21F3N2O3. The molecular weight excluding hydrogens is 361 g/mol. The number of rotatable bonds is 7. The molecule has 0 aromatic heterocycles. The van der Waals surface area contributed by atoms with E-state index in [1.807, 2.05) is 31.2 Å². The number of urea groups is 1. The molecule has 2 amide bonds. The number of aliphatic hydroxyl groups is 1. The molecule has 27 heavy (non-hydrogen) atoms. The molecule has 0 spiro atoms. The molecule has 2 aromatic carbocycles. The lowest BCUT2D eigenvalue weighted by Crippen LogP contribution is -2.34. The van der Waals surface area contributed by atoms with Gasteiger partial charge in [0.05, 0.1) is 30.6 Å². The van der Waals surface area contributed by atoms with Crippen molar-refractivity contribution in [3.05, 3.63) is 65.2 Å². The Morgan fingerprint density at radius 3 is 2.44 bits per heavy atom. The van der Waals surface area contributed by atoms with Crippen molar-refractivity contribution in [3.63, 3.8) is 0 Å². The van der Waals surface area contributed by atoms with Crippen molar-refractivity contribution < 1.29 is 27.8 Å². The zero-order valence-electron chi connectivity index (χ0n) is 14.7. The van der Waals surface area contributed by atoms with Gasteiger partial charge in [0, 0.05) is 6.54 Å². The first kappa shape index (κ1) is 20.7. The average Bonchev–Trinajstić information content (AvgIpc) is 2.62. The van der Waals surface area contributed by atoms with Crippen LogP contribution in [0.5, 0.6) is 0 Å². The van der Waals surface area contributed by atoms with Gasteiger partial charge >= 0.3 is 12.2 Å². The van der Waals surface area contributed by atoms with E-state index in [4.69, 9.17) is 9.84 Å². The maximum Gasteiger partial charge on any atom is 0.418 e. The van der Waals surface area contributed by atoms with E-state index in [0.29, 0.717) is 0 Å². The number of halogens is 3. The predicted molar refractivity (Wildman–Crippen MR) is 95.4 cm³/mol. The molecule has 0 aliphatic heterocycles. The number of para-hydroxylation sites is 1. The number of amides is 2. The van der Waals surface area contributed by atoms with Crippen LogP contribution in [-0.4, -0.2) is 30.9 Å². The average molecular weight is 382 g/mol. The maximum atomic E-state index is 13.0. The largest absolute Gasteiger partial charge is 0.418 e. The van der Waals surface area contributed by atoms with Crippen LogP contribution in [0.3, 0.4) is 0 Å². The number of carbonyl (C=O) groups is 1. The highest BCUT2D eigenvalue weighted by Gasteiger charge is 2.33. The van der Waals surface area contributed by atoms with Crippen molar-refractivity contribution in [3.8, 4) is 0 Å². The van der Waals surface area contributed by atoms with E-state index in [1.165, 1.54) is 18.2 Å². The summed E-state index contributed by atoms with van der Waals surface area (Å²) in [6.45, 7) is 1.84. The smallest absolute Gasteiger partial charge is 0.394 e. The van der Waals surface area contributed by atoms with Crippen LogP contribution in [0.4, 0.5) is 23.7 Å². The van der Waals surface area contributed by atoms with Crippen molar-refractivity contribution in [1.29, 1.82) is 0 Å². The number of aryl methyl sites for hydroxylation is 1. The number of hydrogen-bond donors (Lipinski definition) is 3. The summed E-state index contributed by atoms with van der Waals surface area (Å²) in [5, 5.41) is 13.7. The quantitative estimate of drug-likeness (QED) is 0.681. The Kier molecular flexibility index (Phi) is 7.20. The van der Waals surface area contributed by atoms with Crippen LogP contribution < -0.4 is 10.6 Å². The first-order valence-corrected chi connectivity index (χ1v) is 8.31. The summed E-state index contributed by atoms with van der Waals surface area (Å²) in [5.74, 6) is 0. The normalized spacial score (nSPS) is 12.5. The van der Waals surface area contributed by atoms with Crippen molar-refractivity contribution >= 4 is 11.7 Å². The first-order chi connectivity index (χ1) is 12.8. The van der Waals surface area contributed by atoms with E-state index >= 15 is 0 Å².